The molecule has 218 valence electrons. The number of hydrogen-bond acceptors (Lipinski definition) is 5. The summed E-state index contributed by atoms with van der Waals surface area (Å²) in [5, 5.41) is 6.50. The third-order valence-electron chi connectivity index (χ3n) is 6.51. The number of H-pyrrole nitrogens is 1. The number of rotatable bonds is 10. The van der Waals surface area contributed by atoms with Crippen molar-refractivity contribution in [3.63, 3.8) is 0 Å². The van der Waals surface area contributed by atoms with Crippen LogP contribution in [0, 0.1) is 35.4 Å². The van der Waals surface area contributed by atoms with Crippen LogP contribution in [0.25, 0.3) is 10.9 Å². The first-order chi connectivity index (χ1) is 20.1. The summed E-state index contributed by atoms with van der Waals surface area (Å²) in [6, 6.07) is 12.2. The molecule has 0 saturated carbocycles. The molecule has 4 rings (SSSR count). The fourth-order valence-electron chi connectivity index (χ4n) is 4.20. The molecule has 42 heavy (non-hydrogen) atoms. The first-order valence-electron chi connectivity index (χ1n) is 13.1. The lowest BCUT2D eigenvalue weighted by Crippen LogP contribution is -2.42. The highest BCUT2D eigenvalue weighted by Gasteiger charge is 2.19. The van der Waals surface area contributed by atoms with E-state index in [4.69, 9.17) is 11.5 Å². The average Bonchev–Trinajstić information content (AvgIpc) is 3.39. The van der Waals surface area contributed by atoms with Crippen LogP contribution in [0.3, 0.4) is 0 Å². The number of anilines is 1. The molecule has 0 aliphatic carbocycles. The van der Waals surface area contributed by atoms with E-state index in [1.54, 1.807) is 0 Å². The Morgan fingerprint density at radius 1 is 0.881 bits per heavy atom. The van der Waals surface area contributed by atoms with E-state index in [1.165, 1.54) is 24.3 Å². The minimum absolute atomic E-state index is 0.258. The molecule has 0 radical (unpaired) electrons. The first-order valence-corrected chi connectivity index (χ1v) is 13.1. The van der Waals surface area contributed by atoms with Crippen LogP contribution in [-0.2, 0) is 16.0 Å². The minimum atomic E-state index is -1.79. The van der Waals surface area contributed by atoms with Crippen molar-refractivity contribution >= 4 is 28.4 Å². The number of benzene rings is 2. The summed E-state index contributed by atoms with van der Waals surface area (Å²) in [5.41, 5.74) is 13.6. The molecule has 0 fully saturated rings. The van der Waals surface area contributed by atoms with Gasteiger partial charge in [0.25, 0.3) is 11.9 Å². The molecule has 8 nitrogen and oxygen atoms in total. The van der Waals surface area contributed by atoms with Crippen LogP contribution < -0.4 is 22.1 Å². The highest BCUT2D eigenvalue weighted by atomic mass is 19.2. The third-order valence-corrected chi connectivity index (χ3v) is 6.51. The number of nitrogens with zero attached hydrogens (tertiary/aromatic N) is 1. The van der Waals surface area contributed by atoms with Crippen LogP contribution in [0.4, 0.5) is 23.2 Å². The molecule has 2 aromatic carbocycles. The molecule has 2 amide bonds. The largest absolute Gasteiger partial charge is 0.361 e. The van der Waals surface area contributed by atoms with Crippen molar-refractivity contribution in [3.8, 4) is 11.8 Å². The highest BCUT2D eigenvalue weighted by Crippen LogP contribution is 2.19. The standard InChI is InChI=1S/C30H28F4N6O2/c31-25-21(26(32)28(34)40-27(25)33)13-10-17-8-11-19(12-9-17)39-30(42)22(35)6-3-4-14-37-29(41)23(36)15-18-16-38-24-7-2-1-5-20(18)24/h1-2,5,7-9,11-12,16,22-23,38H,3-4,6,14-15,35-36H2,(H,37,41)(H,39,42)/t22-,23-/m0/s1. The number of fused-ring (bicyclic) bond motifs is 1. The van der Waals surface area contributed by atoms with Gasteiger partial charge in [-0.2, -0.15) is 13.8 Å². The van der Waals surface area contributed by atoms with E-state index in [2.05, 4.69) is 32.4 Å². The molecule has 4 aromatic rings. The molecule has 2 atom stereocenters. The number of aromatic amines is 1. The van der Waals surface area contributed by atoms with Crippen LogP contribution in [0.15, 0.2) is 54.7 Å². The van der Waals surface area contributed by atoms with Crippen LogP contribution in [0.2, 0.25) is 0 Å². The number of carbonyl (C=O) groups excluding carboxylic acids is 2. The number of halogens is 4. The zero-order chi connectivity index (χ0) is 30.2. The van der Waals surface area contributed by atoms with Gasteiger partial charge in [0, 0.05) is 34.9 Å². The van der Waals surface area contributed by atoms with Crippen molar-refractivity contribution in [1.82, 2.24) is 15.3 Å². The summed E-state index contributed by atoms with van der Waals surface area (Å²) in [6.45, 7) is 0.393. The molecule has 2 aromatic heterocycles. The fraction of sp³-hybridized carbons (Fsp3) is 0.233. The quantitative estimate of drug-likeness (QED) is 0.0844. The Morgan fingerprint density at radius 3 is 2.29 bits per heavy atom. The maximum atomic E-state index is 13.7. The predicted molar refractivity (Wildman–Crippen MR) is 150 cm³/mol. The van der Waals surface area contributed by atoms with E-state index >= 15 is 0 Å². The predicted octanol–water partition coefficient (Wildman–Crippen LogP) is 3.64. The van der Waals surface area contributed by atoms with Gasteiger partial charge >= 0.3 is 0 Å². The second-order valence-electron chi connectivity index (χ2n) is 9.58. The van der Waals surface area contributed by atoms with E-state index < -0.39 is 47.1 Å². The Hall–Kier alpha value is -4.73. The minimum Gasteiger partial charge on any atom is -0.361 e. The lowest BCUT2D eigenvalue weighted by atomic mass is 10.0. The molecular weight excluding hydrogens is 552 g/mol. The van der Waals surface area contributed by atoms with Crippen molar-refractivity contribution in [2.45, 2.75) is 37.8 Å². The topological polar surface area (TPSA) is 139 Å². The number of nitrogens with two attached hydrogens (primary N) is 2. The smallest absolute Gasteiger partial charge is 0.253 e. The maximum Gasteiger partial charge on any atom is 0.253 e. The van der Waals surface area contributed by atoms with Crippen LogP contribution in [0.5, 0.6) is 0 Å². The summed E-state index contributed by atoms with van der Waals surface area (Å²) in [5.74, 6) is -3.18. The van der Waals surface area contributed by atoms with Gasteiger partial charge in [0.15, 0.2) is 11.6 Å². The molecule has 7 N–H and O–H groups in total. The Bertz CT molecular complexity index is 1620. The van der Waals surface area contributed by atoms with Gasteiger partial charge in [-0.15, -0.1) is 0 Å². The third kappa shape index (κ3) is 7.51. The van der Waals surface area contributed by atoms with E-state index in [0.717, 1.165) is 16.5 Å². The maximum absolute atomic E-state index is 13.7. The summed E-state index contributed by atoms with van der Waals surface area (Å²) >= 11 is 0. The molecule has 0 aliphatic rings. The first kappa shape index (κ1) is 30.2. The lowest BCUT2D eigenvalue weighted by Gasteiger charge is -2.14. The normalized spacial score (nSPS) is 12.3. The molecular formula is C30H28F4N6O2. The molecule has 0 bridgehead atoms. The van der Waals surface area contributed by atoms with Gasteiger partial charge in [-0.05, 0) is 61.6 Å². The second kappa shape index (κ2) is 13.8. The second-order valence-corrected chi connectivity index (χ2v) is 9.58. The molecule has 2 heterocycles. The van der Waals surface area contributed by atoms with Crippen LogP contribution in [0.1, 0.15) is 36.0 Å². The summed E-state index contributed by atoms with van der Waals surface area (Å²) in [6.07, 6.45) is 3.82. The molecule has 0 spiro atoms. The summed E-state index contributed by atoms with van der Waals surface area (Å²) < 4.78 is 53.9. The van der Waals surface area contributed by atoms with E-state index in [9.17, 15) is 27.2 Å². The number of aromatic nitrogens is 2. The monoisotopic (exact) mass is 580 g/mol. The Morgan fingerprint density at radius 2 is 1.57 bits per heavy atom. The van der Waals surface area contributed by atoms with Gasteiger partial charge in [-0.3, -0.25) is 9.59 Å². The van der Waals surface area contributed by atoms with E-state index in [-0.39, 0.29) is 11.5 Å². The van der Waals surface area contributed by atoms with Crippen molar-refractivity contribution < 1.29 is 27.2 Å². The van der Waals surface area contributed by atoms with Crippen molar-refractivity contribution in [2.24, 2.45) is 11.5 Å². The zero-order valence-corrected chi connectivity index (χ0v) is 22.3. The number of para-hydroxylation sites is 1. The number of unbranched alkanes of at least 4 members (excludes halogenated alkanes) is 1. The van der Waals surface area contributed by atoms with Gasteiger partial charge in [-0.1, -0.05) is 30.0 Å². The van der Waals surface area contributed by atoms with E-state index in [1.807, 2.05) is 30.5 Å². The van der Waals surface area contributed by atoms with Crippen molar-refractivity contribution in [1.29, 1.82) is 0 Å². The SMILES string of the molecule is N[C@@H](Cc1c[nH]c2ccccc12)C(=O)NCCCC[C@H](N)C(=O)Nc1ccc(C#Cc2c(F)c(F)nc(F)c2F)cc1. The van der Waals surface area contributed by atoms with Crippen molar-refractivity contribution in [3.05, 3.63) is 94.9 Å². The average molecular weight is 581 g/mol. The summed E-state index contributed by atoms with van der Waals surface area (Å²) in [4.78, 5) is 30.5. The fourth-order valence-corrected chi connectivity index (χ4v) is 4.20. The van der Waals surface area contributed by atoms with E-state index in [0.29, 0.717) is 37.9 Å². The Kier molecular flexibility index (Phi) is 9.90. The van der Waals surface area contributed by atoms with Crippen LogP contribution in [-0.4, -0.2) is 40.4 Å². The van der Waals surface area contributed by atoms with Crippen LogP contribution >= 0.6 is 0 Å². The molecule has 0 saturated heterocycles. The van der Waals surface area contributed by atoms with Gasteiger partial charge in [0.2, 0.25) is 11.8 Å². The summed E-state index contributed by atoms with van der Waals surface area (Å²) in [7, 11) is 0. The molecule has 0 unspecified atom stereocenters. The van der Waals surface area contributed by atoms with Gasteiger partial charge in [-0.25, -0.2) is 8.78 Å². The number of nitrogens with one attached hydrogen (secondary N) is 3. The number of carbonyl (C=O) groups is 2. The Balaban J connectivity index is 1.18. The number of amides is 2. The number of hydrogen-bond donors (Lipinski definition) is 5. The lowest BCUT2D eigenvalue weighted by molar-refractivity contribution is -0.122. The molecule has 0 aliphatic heterocycles. The van der Waals surface area contributed by atoms with Gasteiger partial charge in [0.05, 0.1) is 12.1 Å². The van der Waals surface area contributed by atoms with Crippen molar-refractivity contribution in [2.75, 3.05) is 11.9 Å². The number of pyridine rings is 1. The Labute approximate surface area is 238 Å². The highest BCUT2D eigenvalue weighted by molar-refractivity contribution is 5.94. The molecule has 12 heteroatoms. The van der Waals surface area contributed by atoms with Gasteiger partial charge < -0.3 is 27.1 Å². The van der Waals surface area contributed by atoms with Gasteiger partial charge in [0.1, 0.15) is 5.56 Å². The zero-order valence-electron chi connectivity index (χ0n) is 22.3.